The summed E-state index contributed by atoms with van der Waals surface area (Å²) in [6.45, 7) is -0.253. The average molecular weight is 262 g/mol. The van der Waals surface area contributed by atoms with Crippen molar-refractivity contribution in [2.24, 2.45) is 0 Å². The van der Waals surface area contributed by atoms with Gasteiger partial charge in [-0.2, -0.15) is 4.98 Å². The lowest BCUT2D eigenvalue weighted by atomic mass is 10.1. The number of hydrogen-bond donors (Lipinski definition) is 3. The van der Waals surface area contributed by atoms with Gasteiger partial charge in [0, 0.05) is 6.20 Å². The third-order valence-electron chi connectivity index (χ3n) is 2.84. The zero-order valence-corrected chi connectivity index (χ0v) is 9.50. The standard InChI is InChI=1S/C9H11N3O4.ClH/c10-5-1-2-12-8-7(16-9(12)11-5)6(14)4(3-13)15-8;/h1-2,4,6-8,10,13-14H,3H2;1H/t4-,6-,7?,8-;/m1./s1. The van der Waals surface area contributed by atoms with Crippen LogP contribution in [0.2, 0.25) is 0 Å². The smallest absolute Gasteiger partial charge is 0.301 e. The first kappa shape index (κ1) is 12.3. The van der Waals surface area contributed by atoms with Crippen molar-refractivity contribution in [2.45, 2.75) is 24.5 Å². The van der Waals surface area contributed by atoms with Crippen LogP contribution in [0.1, 0.15) is 6.23 Å². The molecule has 94 valence electrons. The first-order valence-corrected chi connectivity index (χ1v) is 4.95. The van der Waals surface area contributed by atoms with E-state index in [-0.39, 0.29) is 30.5 Å². The number of nitrogens with zero attached hydrogens (tertiary/aromatic N) is 2. The normalized spacial score (nSPS) is 33.5. The van der Waals surface area contributed by atoms with Gasteiger partial charge >= 0.3 is 6.01 Å². The molecule has 1 aromatic heterocycles. The van der Waals surface area contributed by atoms with Gasteiger partial charge in [-0.1, -0.05) is 0 Å². The van der Waals surface area contributed by atoms with Crippen molar-refractivity contribution in [3.8, 4) is 6.01 Å². The van der Waals surface area contributed by atoms with E-state index in [1.54, 1.807) is 10.8 Å². The van der Waals surface area contributed by atoms with E-state index in [2.05, 4.69) is 4.98 Å². The van der Waals surface area contributed by atoms with E-state index in [0.717, 1.165) is 0 Å². The number of halogens is 1. The maximum absolute atomic E-state index is 9.80. The number of rotatable bonds is 1. The quantitative estimate of drug-likeness (QED) is 0.589. The van der Waals surface area contributed by atoms with Crippen LogP contribution in [0.5, 0.6) is 6.01 Å². The van der Waals surface area contributed by atoms with Gasteiger partial charge in [0.15, 0.2) is 17.8 Å². The number of aliphatic hydroxyl groups is 2. The Hall–Kier alpha value is -1.15. The van der Waals surface area contributed by atoms with Crippen LogP contribution in [0.3, 0.4) is 0 Å². The summed E-state index contributed by atoms with van der Waals surface area (Å²) in [5.74, 6) is 0. The maximum atomic E-state index is 9.80. The summed E-state index contributed by atoms with van der Waals surface area (Å²) in [7, 11) is 0. The Balaban J connectivity index is 0.00000108. The van der Waals surface area contributed by atoms with Crippen molar-refractivity contribution in [1.82, 2.24) is 9.55 Å². The minimum Gasteiger partial charge on any atom is -0.454 e. The van der Waals surface area contributed by atoms with Crippen LogP contribution >= 0.6 is 12.4 Å². The lowest BCUT2D eigenvalue weighted by Gasteiger charge is -2.14. The van der Waals surface area contributed by atoms with Gasteiger partial charge in [-0.25, -0.2) is 0 Å². The zero-order valence-electron chi connectivity index (χ0n) is 8.68. The number of hydrogen-bond acceptors (Lipinski definition) is 6. The number of aliphatic hydroxyl groups excluding tert-OH is 2. The topological polar surface area (TPSA) is 101 Å². The van der Waals surface area contributed by atoms with Crippen LogP contribution in [0.25, 0.3) is 0 Å². The van der Waals surface area contributed by atoms with Crippen molar-refractivity contribution in [2.75, 3.05) is 6.61 Å². The summed E-state index contributed by atoms with van der Waals surface area (Å²) in [6, 6.07) is 1.77. The fraction of sp³-hybridized carbons (Fsp3) is 0.556. The summed E-state index contributed by atoms with van der Waals surface area (Å²) in [5, 5.41) is 26.1. The van der Waals surface area contributed by atoms with E-state index in [1.807, 2.05) is 0 Å². The SMILES string of the molecule is Cl.N=c1ccn2c(n1)OC1[C@H]2O[C@H](CO)[C@H]1O. The highest BCUT2D eigenvalue weighted by Crippen LogP contribution is 2.38. The van der Waals surface area contributed by atoms with Gasteiger partial charge in [-0.3, -0.25) is 9.98 Å². The molecule has 0 spiro atoms. The molecule has 0 amide bonds. The van der Waals surface area contributed by atoms with Gasteiger partial charge < -0.3 is 19.7 Å². The minimum atomic E-state index is -0.883. The van der Waals surface area contributed by atoms with E-state index in [4.69, 9.17) is 20.0 Å². The molecule has 0 bridgehead atoms. The number of nitrogens with one attached hydrogen (secondary N) is 1. The monoisotopic (exact) mass is 261 g/mol. The molecule has 1 saturated heterocycles. The minimum absolute atomic E-state index is 0. The molecule has 1 fully saturated rings. The van der Waals surface area contributed by atoms with Crippen LogP contribution in [0.4, 0.5) is 0 Å². The lowest BCUT2D eigenvalue weighted by molar-refractivity contribution is -0.0434. The Morgan fingerprint density at radius 2 is 2.29 bits per heavy atom. The van der Waals surface area contributed by atoms with Gasteiger partial charge in [0.25, 0.3) is 0 Å². The van der Waals surface area contributed by atoms with Gasteiger partial charge in [-0.05, 0) is 6.07 Å². The van der Waals surface area contributed by atoms with Gasteiger partial charge in [0.2, 0.25) is 0 Å². The summed E-state index contributed by atoms with van der Waals surface area (Å²) >= 11 is 0. The maximum Gasteiger partial charge on any atom is 0.301 e. The highest BCUT2D eigenvalue weighted by atomic mass is 35.5. The molecular formula is C9H12ClN3O4. The molecule has 4 atom stereocenters. The largest absolute Gasteiger partial charge is 0.454 e. The molecule has 0 aliphatic carbocycles. The molecule has 0 saturated carbocycles. The Bertz CT molecular complexity index is 480. The van der Waals surface area contributed by atoms with Crippen LogP contribution < -0.4 is 10.2 Å². The van der Waals surface area contributed by atoms with Gasteiger partial charge in [0.1, 0.15) is 12.2 Å². The van der Waals surface area contributed by atoms with E-state index < -0.39 is 24.5 Å². The van der Waals surface area contributed by atoms with Crippen molar-refractivity contribution in [3.05, 3.63) is 17.8 Å². The fourth-order valence-corrected chi connectivity index (χ4v) is 2.04. The predicted molar refractivity (Wildman–Crippen MR) is 56.7 cm³/mol. The molecule has 17 heavy (non-hydrogen) atoms. The van der Waals surface area contributed by atoms with E-state index >= 15 is 0 Å². The average Bonchev–Trinajstić information content (AvgIpc) is 2.75. The molecule has 2 aliphatic rings. The first-order chi connectivity index (χ1) is 7.70. The molecule has 3 N–H and O–H groups in total. The lowest BCUT2D eigenvalue weighted by Crippen LogP contribution is -2.34. The van der Waals surface area contributed by atoms with Crippen LogP contribution in [-0.4, -0.2) is 44.7 Å². The second-order valence-corrected chi connectivity index (χ2v) is 3.82. The fourth-order valence-electron chi connectivity index (χ4n) is 2.04. The second-order valence-electron chi connectivity index (χ2n) is 3.82. The molecular weight excluding hydrogens is 250 g/mol. The Kier molecular flexibility index (Phi) is 3.09. The molecule has 3 heterocycles. The molecule has 0 radical (unpaired) electrons. The van der Waals surface area contributed by atoms with Crippen molar-refractivity contribution in [3.63, 3.8) is 0 Å². The summed E-state index contributed by atoms with van der Waals surface area (Å²) < 4.78 is 12.5. The Morgan fingerprint density at radius 3 is 3.00 bits per heavy atom. The van der Waals surface area contributed by atoms with Crippen molar-refractivity contribution >= 4 is 12.4 Å². The zero-order chi connectivity index (χ0) is 11.3. The molecule has 7 nitrogen and oxygen atoms in total. The van der Waals surface area contributed by atoms with Crippen molar-refractivity contribution < 1.29 is 19.7 Å². The second kappa shape index (κ2) is 4.26. The number of fused-ring (bicyclic) bond motifs is 3. The molecule has 1 aromatic rings. The molecule has 2 aliphatic heterocycles. The third kappa shape index (κ3) is 1.71. The van der Waals surface area contributed by atoms with E-state index in [9.17, 15) is 5.11 Å². The molecule has 8 heteroatoms. The predicted octanol–water partition coefficient (Wildman–Crippen LogP) is -1.20. The molecule has 3 rings (SSSR count). The molecule has 1 unspecified atom stereocenters. The Morgan fingerprint density at radius 1 is 1.53 bits per heavy atom. The van der Waals surface area contributed by atoms with Crippen LogP contribution in [0, 0.1) is 5.41 Å². The number of aromatic nitrogens is 2. The van der Waals surface area contributed by atoms with Crippen molar-refractivity contribution in [1.29, 1.82) is 5.41 Å². The molecule has 0 aromatic carbocycles. The third-order valence-corrected chi connectivity index (χ3v) is 2.84. The highest BCUT2D eigenvalue weighted by molar-refractivity contribution is 5.85. The summed E-state index contributed by atoms with van der Waals surface area (Å²) in [5.41, 5.74) is 0.0967. The van der Waals surface area contributed by atoms with Gasteiger partial charge in [-0.15, -0.1) is 12.4 Å². The highest BCUT2D eigenvalue weighted by Gasteiger charge is 2.50. The van der Waals surface area contributed by atoms with E-state index in [0.29, 0.717) is 0 Å². The number of ether oxygens (including phenoxy) is 2. The van der Waals surface area contributed by atoms with E-state index in [1.165, 1.54) is 6.07 Å². The van der Waals surface area contributed by atoms with Crippen LogP contribution in [0.15, 0.2) is 12.3 Å². The summed E-state index contributed by atoms with van der Waals surface area (Å²) in [6.07, 6.45) is -0.930. The Labute approximate surface area is 103 Å². The first-order valence-electron chi connectivity index (χ1n) is 4.95. The van der Waals surface area contributed by atoms with Gasteiger partial charge in [0.05, 0.1) is 6.61 Å². The summed E-state index contributed by atoms with van der Waals surface area (Å²) in [4.78, 5) is 3.88. The van der Waals surface area contributed by atoms with Crippen LogP contribution in [-0.2, 0) is 4.74 Å².